The molecule has 7 heteroatoms. The standard InChI is InChI=1S/C15H15F3N2O2/c1-14(2,3)12(21)7-11-13(22)20-9-5-4-8(15(16,17)18)6-10(9)19-11/h4-7,21H,1-3H3,(H,20,22)/b12-7-. The summed E-state index contributed by atoms with van der Waals surface area (Å²) in [6, 6.07) is 2.89. The minimum atomic E-state index is -4.49. The number of H-pyrrole nitrogens is 1. The van der Waals surface area contributed by atoms with Crippen LogP contribution in [0.15, 0.2) is 28.8 Å². The number of aliphatic hydroxyl groups excluding tert-OH is 1. The van der Waals surface area contributed by atoms with Crippen LogP contribution in [0.1, 0.15) is 32.0 Å². The predicted molar refractivity (Wildman–Crippen MR) is 77.4 cm³/mol. The van der Waals surface area contributed by atoms with E-state index in [9.17, 15) is 23.1 Å². The molecule has 1 aromatic heterocycles. The van der Waals surface area contributed by atoms with Gasteiger partial charge in [-0.15, -0.1) is 0 Å². The van der Waals surface area contributed by atoms with Gasteiger partial charge in [-0.25, -0.2) is 4.98 Å². The molecule has 2 rings (SSSR count). The van der Waals surface area contributed by atoms with Gasteiger partial charge in [-0.3, -0.25) is 4.79 Å². The zero-order valence-corrected chi connectivity index (χ0v) is 12.2. The lowest BCUT2D eigenvalue weighted by Crippen LogP contribution is -2.15. The molecule has 0 aliphatic rings. The monoisotopic (exact) mass is 312 g/mol. The van der Waals surface area contributed by atoms with Crippen molar-refractivity contribution in [1.82, 2.24) is 9.97 Å². The van der Waals surface area contributed by atoms with Crippen molar-refractivity contribution < 1.29 is 18.3 Å². The lowest BCUT2D eigenvalue weighted by molar-refractivity contribution is -0.137. The molecule has 118 valence electrons. The Bertz CT molecular complexity index is 799. The van der Waals surface area contributed by atoms with Gasteiger partial charge in [-0.05, 0) is 18.2 Å². The van der Waals surface area contributed by atoms with Gasteiger partial charge in [0.1, 0.15) is 5.69 Å². The van der Waals surface area contributed by atoms with E-state index < -0.39 is 22.7 Å². The van der Waals surface area contributed by atoms with Crippen LogP contribution in [0.25, 0.3) is 17.1 Å². The van der Waals surface area contributed by atoms with Crippen LogP contribution in [0.3, 0.4) is 0 Å². The number of nitrogens with zero attached hydrogens (tertiary/aromatic N) is 1. The fourth-order valence-electron chi connectivity index (χ4n) is 1.72. The molecular formula is C15H15F3N2O2. The number of aromatic nitrogens is 2. The molecule has 0 radical (unpaired) electrons. The Morgan fingerprint density at radius 1 is 1.27 bits per heavy atom. The molecule has 0 bridgehead atoms. The number of allylic oxidation sites excluding steroid dienone is 1. The van der Waals surface area contributed by atoms with Crippen LogP contribution >= 0.6 is 0 Å². The number of rotatable bonds is 1. The summed E-state index contributed by atoms with van der Waals surface area (Å²) in [4.78, 5) is 18.3. The summed E-state index contributed by atoms with van der Waals surface area (Å²) >= 11 is 0. The summed E-state index contributed by atoms with van der Waals surface area (Å²) in [7, 11) is 0. The fraction of sp³-hybridized carbons (Fsp3) is 0.333. The van der Waals surface area contributed by atoms with Crippen molar-refractivity contribution in [2.75, 3.05) is 0 Å². The number of halogens is 3. The molecule has 0 aliphatic heterocycles. The van der Waals surface area contributed by atoms with Crippen molar-refractivity contribution in [3.8, 4) is 0 Å². The Kier molecular flexibility index (Phi) is 3.76. The first kappa shape index (κ1) is 16.1. The van der Waals surface area contributed by atoms with Gasteiger partial charge in [0.05, 0.1) is 22.4 Å². The maximum absolute atomic E-state index is 12.7. The average molecular weight is 312 g/mol. The number of aromatic amines is 1. The zero-order valence-electron chi connectivity index (χ0n) is 12.2. The van der Waals surface area contributed by atoms with Crippen LogP contribution in [0.5, 0.6) is 0 Å². The number of benzene rings is 1. The second kappa shape index (κ2) is 5.15. The number of alkyl halides is 3. The quantitative estimate of drug-likeness (QED) is 0.785. The molecule has 0 unspecified atom stereocenters. The summed E-state index contributed by atoms with van der Waals surface area (Å²) in [6.45, 7) is 5.20. The van der Waals surface area contributed by atoms with Gasteiger partial charge >= 0.3 is 6.18 Å². The number of nitrogens with one attached hydrogen (secondary N) is 1. The van der Waals surface area contributed by atoms with Crippen molar-refractivity contribution in [3.63, 3.8) is 0 Å². The van der Waals surface area contributed by atoms with Crippen molar-refractivity contribution in [1.29, 1.82) is 0 Å². The normalized spacial score (nSPS) is 13.6. The molecule has 0 atom stereocenters. The van der Waals surface area contributed by atoms with Crippen molar-refractivity contribution in [2.45, 2.75) is 26.9 Å². The van der Waals surface area contributed by atoms with E-state index >= 15 is 0 Å². The van der Waals surface area contributed by atoms with Crippen molar-refractivity contribution >= 4 is 17.1 Å². The van der Waals surface area contributed by atoms with E-state index in [-0.39, 0.29) is 22.5 Å². The van der Waals surface area contributed by atoms with E-state index in [2.05, 4.69) is 9.97 Å². The van der Waals surface area contributed by atoms with Gasteiger partial charge < -0.3 is 10.1 Å². The van der Waals surface area contributed by atoms with Gasteiger partial charge in [0.15, 0.2) is 0 Å². The third kappa shape index (κ3) is 3.29. The molecule has 0 aliphatic carbocycles. The van der Waals surface area contributed by atoms with Crippen LogP contribution in [-0.2, 0) is 6.18 Å². The predicted octanol–water partition coefficient (Wildman–Crippen LogP) is 3.89. The topological polar surface area (TPSA) is 66.0 Å². The maximum Gasteiger partial charge on any atom is 0.416 e. The van der Waals surface area contributed by atoms with E-state index in [4.69, 9.17) is 0 Å². The van der Waals surface area contributed by atoms with E-state index in [1.807, 2.05) is 0 Å². The average Bonchev–Trinajstić information content (AvgIpc) is 2.36. The van der Waals surface area contributed by atoms with Gasteiger partial charge in [0.25, 0.3) is 5.56 Å². The summed E-state index contributed by atoms with van der Waals surface area (Å²) in [5.41, 5.74) is -1.97. The minimum absolute atomic E-state index is 0.00221. The van der Waals surface area contributed by atoms with E-state index in [0.717, 1.165) is 18.2 Å². The van der Waals surface area contributed by atoms with Gasteiger partial charge in [0, 0.05) is 11.5 Å². The molecular weight excluding hydrogens is 297 g/mol. The molecule has 2 N–H and O–H groups in total. The van der Waals surface area contributed by atoms with Crippen LogP contribution in [0, 0.1) is 5.41 Å². The molecule has 2 aromatic rings. The molecule has 4 nitrogen and oxygen atoms in total. The molecule has 0 saturated carbocycles. The molecule has 0 amide bonds. The first-order chi connectivity index (χ1) is 9.98. The molecule has 1 aromatic carbocycles. The molecule has 0 spiro atoms. The van der Waals surface area contributed by atoms with E-state index in [1.165, 1.54) is 6.08 Å². The second-order valence-corrected chi connectivity index (χ2v) is 5.96. The highest BCUT2D eigenvalue weighted by Crippen LogP contribution is 2.30. The number of hydrogen-bond acceptors (Lipinski definition) is 3. The van der Waals surface area contributed by atoms with Crippen LogP contribution in [0.4, 0.5) is 13.2 Å². The second-order valence-electron chi connectivity index (χ2n) is 5.96. The number of hydrogen-bond donors (Lipinski definition) is 2. The summed E-state index contributed by atoms with van der Waals surface area (Å²) in [5.74, 6) is -0.0863. The van der Waals surface area contributed by atoms with Crippen molar-refractivity contribution in [2.24, 2.45) is 5.41 Å². The van der Waals surface area contributed by atoms with Gasteiger partial charge in [-0.1, -0.05) is 20.8 Å². The van der Waals surface area contributed by atoms with Crippen molar-refractivity contribution in [3.05, 3.63) is 45.6 Å². The smallest absolute Gasteiger partial charge is 0.416 e. The number of fused-ring (bicyclic) bond motifs is 1. The minimum Gasteiger partial charge on any atom is -0.512 e. The van der Waals surface area contributed by atoms with Crippen LogP contribution < -0.4 is 5.56 Å². The Hall–Kier alpha value is -2.31. The Balaban J connectivity index is 2.63. The Labute approximate surface area is 124 Å². The van der Waals surface area contributed by atoms with E-state index in [1.54, 1.807) is 20.8 Å². The first-order valence-corrected chi connectivity index (χ1v) is 6.51. The number of aliphatic hydroxyl groups is 1. The molecule has 22 heavy (non-hydrogen) atoms. The maximum atomic E-state index is 12.7. The highest BCUT2D eigenvalue weighted by atomic mass is 19.4. The summed E-state index contributed by atoms with van der Waals surface area (Å²) in [5, 5.41) is 9.91. The third-order valence-corrected chi connectivity index (χ3v) is 3.09. The molecule has 1 heterocycles. The third-order valence-electron chi connectivity index (χ3n) is 3.09. The lowest BCUT2D eigenvalue weighted by atomic mass is 9.93. The lowest BCUT2D eigenvalue weighted by Gasteiger charge is -2.16. The highest BCUT2D eigenvalue weighted by molar-refractivity contribution is 5.76. The Morgan fingerprint density at radius 2 is 1.91 bits per heavy atom. The highest BCUT2D eigenvalue weighted by Gasteiger charge is 2.30. The summed E-state index contributed by atoms with van der Waals surface area (Å²) in [6.07, 6.45) is -3.33. The molecule has 0 fully saturated rings. The SMILES string of the molecule is CC(C)(C)/C(O)=C/c1nc2cc(C(F)(F)F)ccc2[nH]c1=O. The zero-order chi connectivity index (χ0) is 16.7. The Morgan fingerprint density at radius 3 is 2.45 bits per heavy atom. The van der Waals surface area contributed by atoms with Gasteiger partial charge in [-0.2, -0.15) is 13.2 Å². The largest absolute Gasteiger partial charge is 0.512 e. The van der Waals surface area contributed by atoms with Crippen LogP contribution in [-0.4, -0.2) is 15.1 Å². The van der Waals surface area contributed by atoms with Gasteiger partial charge in [0.2, 0.25) is 0 Å². The van der Waals surface area contributed by atoms with E-state index in [0.29, 0.717) is 0 Å². The first-order valence-electron chi connectivity index (χ1n) is 6.51. The van der Waals surface area contributed by atoms with Crippen LogP contribution in [0.2, 0.25) is 0 Å². The summed E-state index contributed by atoms with van der Waals surface area (Å²) < 4.78 is 38.1. The fourth-order valence-corrected chi connectivity index (χ4v) is 1.72. The molecule has 0 saturated heterocycles.